The number of rotatable bonds is 3. The minimum absolute atomic E-state index is 1.25. The van der Waals surface area contributed by atoms with Crippen molar-refractivity contribution in [1.82, 2.24) is 0 Å². The van der Waals surface area contributed by atoms with Gasteiger partial charge in [-0.15, -0.1) is 0 Å². The molecule has 0 aliphatic carbocycles. The van der Waals surface area contributed by atoms with Crippen LogP contribution in [0.3, 0.4) is 0 Å². The maximum absolute atomic E-state index is 2.22. The van der Waals surface area contributed by atoms with E-state index in [0.717, 1.165) is 0 Å². The topological polar surface area (TPSA) is 0 Å². The maximum atomic E-state index is 2.22. The van der Waals surface area contributed by atoms with E-state index in [0.29, 0.717) is 0 Å². The van der Waals surface area contributed by atoms with E-state index in [4.69, 9.17) is 0 Å². The fourth-order valence-corrected chi connectivity index (χ4v) is 3.64. The number of benzene rings is 3. The minimum atomic E-state index is 1.25. The first-order valence-corrected chi connectivity index (χ1v) is 8.64. The first-order valence-electron chi connectivity index (χ1n) is 7.70. The van der Waals surface area contributed by atoms with Gasteiger partial charge in [0, 0.05) is 0 Å². The molecule has 0 saturated heterocycles. The predicted octanol–water partition coefficient (Wildman–Crippen LogP) is 6.75. The van der Waals surface area contributed by atoms with Crippen LogP contribution in [0.15, 0.2) is 95.7 Å². The first kappa shape index (κ1) is 14.0. The molecule has 1 heterocycles. The highest BCUT2D eigenvalue weighted by atomic mass is 32.1. The zero-order valence-electron chi connectivity index (χ0n) is 12.6. The van der Waals surface area contributed by atoms with Crippen LogP contribution in [0, 0.1) is 0 Å². The van der Waals surface area contributed by atoms with Gasteiger partial charge in [-0.05, 0) is 50.2 Å². The molecule has 0 aliphatic rings. The molecule has 3 aromatic carbocycles. The largest absolute Gasteiger partial charge is 0.152 e. The van der Waals surface area contributed by atoms with Gasteiger partial charge < -0.3 is 0 Å². The molecule has 0 saturated carbocycles. The van der Waals surface area contributed by atoms with Crippen molar-refractivity contribution in [1.29, 1.82) is 0 Å². The third-order valence-electron chi connectivity index (χ3n) is 4.04. The Hall–Kier alpha value is -2.64. The Morgan fingerprint density at radius 2 is 1.09 bits per heavy atom. The Kier molecular flexibility index (Phi) is 3.79. The Balaban J connectivity index is 2.02. The normalized spacial score (nSPS) is 10.6. The summed E-state index contributed by atoms with van der Waals surface area (Å²) in [7, 11) is 0. The van der Waals surface area contributed by atoms with Gasteiger partial charge in [-0.25, -0.2) is 0 Å². The lowest BCUT2D eigenvalue weighted by Gasteiger charge is -2.15. The average Bonchev–Trinajstić information content (AvgIpc) is 3.17. The second kappa shape index (κ2) is 6.23. The van der Waals surface area contributed by atoms with E-state index >= 15 is 0 Å². The van der Waals surface area contributed by atoms with Crippen molar-refractivity contribution in [2.24, 2.45) is 0 Å². The zero-order chi connectivity index (χ0) is 15.5. The van der Waals surface area contributed by atoms with E-state index in [1.54, 1.807) is 11.3 Å². The Bertz CT molecular complexity index is 891. The van der Waals surface area contributed by atoms with E-state index in [-0.39, 0.29) is 0 Å². The number of hydrogen-bond acceptors (Lipinski definition) is 1. The van der Waals surface area contributed by atoms with Gasteiger partial charge in [-0.2, -0.15) is 11.3 Å². The van der Waals surface area contributed by atoms with Crippen LogP contribution in [0.1, 0.15) is 0 Å². The Labute approximate surface area is 140 Å². The van der Waals surface area contributed by atoms with E-state index in [2.05, 4.69) is 95.7 Å². The zero-order valence-corrected chi connectivity index (χ0v) is 13.5. The third-order valence-corrected chi connectivity index (χ3v) is 4.73. The molecular formula is C22H16S. The molecule has 0 N–H and O–H groups in total. The highest BCUT2D eigenvalue weighted by Crippen LogP contribution is 2.40. The van der Waals surface area contributed by atoms with Gasteiger partial charge in [0.05, 0.1) is 0 Å². The molecule has 0 spiro atoms. The summed E-state index contributed by atoms with van der Waals surface area (Å²) < 4.78 is 0. The van der Waals surface area contributed by atoms with Crippen molar-refractivity contribution in [3.05, 3.63) is 95.7 Å². The van der Waals surface area contributed by atoms with Crippen LogP contribution < -0.4 is 0 Å². The molecule has 0 aliphatic heterocycles. The van der Waals surface area contributed by atoms with Crippen LogP contribution in [0.5, 0.6) is 0 Å². The molecule has 0 unspecified atom stereocenters. The van der Waals surface area contributed by atoms with Crippen molar-refractivity contribution in [3.63, 3.8) is 0 Å². The van der Waals surface area contributed by atoms with Gasteiger partial charge in [-0.3, -0.25) is 0 Å². The summed E-state index contributed by atoms with van der Waals surface area (Å²) in [6.45, 7) is 0. The quantitative estimate of drug-likeness (QED) is 0.392. The van der Waals surface area contributed by atoms with E-state index < -0.39 is 0 Å². The summed E-state index contributed by atoms with van der Waals surface area (Å²) in [5, 5.41) is 4.36. The molecular weight excluding hydrogens is 296 g/mol. The van der Waals surface area contributed by atoms with Crippen LogP contribution in [-0.2, 0) is 0 Å². The fourth-order valence-electron chi connectivity index (χ4n) is 2.98. The van der Waals surface area contributed by atoms with Crippen LogP contribution in [0.2, 0.25) is 0 Å². The van der Waals surface area contributed by atoms with Gasteiger partial charge in [0.25, 0.3) is 0 Å². The summed E-state index contributed by atoms with van der Waals surface area (Å²) in [6, 6.07) is 30.1. The summed E-state index contributed by atoms with van der Waals surface area (Å²) in [5.74, 6) is 0. The molecule has 4 rings (SSSR count). The second-order valence-corrected chi connectivity index (χ2v) is 6.25. The van der Waals surface area contributed by atoms with Gasteiger partial charge in [0.1, 0.15) is 0 Å². The second-order valence-electron chi connectivity index (χ2n) is 5.47. The van der Waals surface area contributed by atoms with Gasteiger partial charge >= 0.3 is 0 Å². The lowest BCUT2D eigenvalue weighted by atomic mass is 9.88. The number of thiophene rings is 1. The molecule has 1 heteroatoms. The fraction of sp³-hybridized carbons (Fsp3) is 0. The Morgan fingerprint density at radius 1 is 0.478 bits per heavy atom. The molecule has 0 bridgehead atoms. The van der Waals surface area contributed by atoms with Gasteiger partial charge in [-0.1, -0.05) is 78.9 Å². The smallest absolute Gasteiger partial charge is 0.00145 e. The number of hydrogen-bond donors (Lipinski definition) is 0. The van der Waals surface area contributed by atoms with Crippen LogP contribution in [0.4, 0.5) is 0 Å². The van der Waals surface area contributed by atoms with Crippen LogP contribution in [0.25, 0.3) is 33.4 Å². The molecule has 0 fully saturated rings. The maximum Gasteiger partial charge on any atom is -0.00145 e. The van der Waals surface area contributed by atoms with E-state index in [1.807, 2.05) is 0 Å². The highest BCUT2D eigenvalue weighted by molar-refractivity contribution is 7.08. The molecule has 0 amide bonds. The van der Waals surface area contributed by atoms with Crippen molar-refractivity contribution in [3.8, 4) is 33.4 Å². The summed E-state index contributed by atoms with van der Waals surface area (Å²) >= 11 is 1.74. The lowest BCUT2D eigenvalue weighted by Crippen LogP contribution is -1.89. The van der Waals surface area contributed by atoms with Crippen molar-refractivity contribution < 1.29 is 0 Å². The molecule has 110 valence electrons. The summed E-state index contributed by atoms with van der Waals surface area (Å²) in [6.07, 6.45) is 0. The molecule has 0 atom stereocenters. The molecule has 1 aromatic heterocycles. The van der Waals surface area contributed by atoms with E-state index in [9.17, 15) is 0 Å². The molecule has 23 heavy (non-hydrogen) atoms. The lowest BCUT2D eigenvalue weighted by molar-refractivity contribution is 1.57. The van der Waals surface area contributed by atoms with Crippen molar-refractivity contribution in [2.45, 2.75) is 0 Å². The standard InChI is InChI=1S/C22H16S/c1-3-8-17(9-4-1)20-12-7-13-21(19-14-15-23-16-19)22(20)18-10-5-2-6-11-18/h1-16H. The predicted molar refractivity (Wildman–Crippen MR) is 101 cm³/mol. The molecule has 0 radical (unpaired) electrons. The first-order chi connectivity index (χ1) is 11.4. The van der Waals surface area contributed by atoms with Gasteiger partial charge in [0.15, 0.2) is 0 Å². The minimum Gasteiger partial charge on any atom is -0.152 e. The summed E-state index contributed by atoms with van der Waals surface area (Å²) in [5.41, 5.74) is 7.67. The summed E-state index contributed by atoms with van der Waals surface area (Å²) in [4.78, 5) is 0. The molecule has 4 aromatic rings. The van der Waals surface area contributed by atoms with Gasteiger partial charge in [0.2, 0.25) is 0 Å². The molecule has 0 nitrogen and oxygen atoms in total. The van der Waals surface area contributed by atoms with Crippen LogP contribution in [-0.4, -0.2) is 0 Å². The monoisotopic (exact) mass is 312 g/mol. The average molecular weight is 312 g/mol. The third kappa shape index (κ3) is 2.71. The Morgan fingerprint density at radius 3 is 1.70 bits per heavy atom. The van der Waals surface area contributed by atoms with Crippen molar-refractivity contribution in [2.75, 3.05) is 0 Å². The van der Waals surface area contributed by atoms with Crippen LogP contribution >= 0.6 is 11.3 Å². The van der Waals surface area contributed by atoms with Crippen molar-refractivity contribution >= 4 is 11.3 Å². The SMILES string of the molecule is c1ccc(-c2cccc(-c3ccsc3)c2-c2ccccc2)cc1. The van der Waals surface area contributed by atoms with E-state index in [1.165, 1.54) is 33.4 Å². The highest BCUT2D eigenvalue weighted by Gasteiger charge is 2.13.